The zero-order chi connectivity index (χ0) is 16.8. The molecule has 0 spiro atoms. The minimum atomic E-state index is -0.165. The lowest BCUT2D eigenvalue weighted by atomic mass is 10.2. The van der Waals surface area contributed by atoms with Crippen molar-refractivity contribution in [2.45, 2.75) is 6.54 Å². The quantitative estimate of drug-likeness (QED) is 0.682. The molecular weight excluding hydrogens is 366 g/mol. The van der Waals surface area contributed by atoms with Crippen LogP contribution in [0.1, 0.15) is 15.9 Å². The molecule has 1 amide bonds. The third kappa shape index (κ3) is 4.00. The molecule has 0 aliphatic rings. The number of benzene rings is 2. The monoisotopic (exact) mass is 381 g/mol. The van der Waals surface area contributed by atoms with Crippen molar-refractivity contribution in [1.29, 1.82) is 0 Å². The van der Waals surface area contributed by atoms with Crippen LogP contribution in [0, 0.1) is 0 Å². The van der Waals surface area contributed by atoms with Gasteiger partial charge in [0.1, 0.15) is 5.82 Å². The Bertz CT molecular complexity index is 837. The summed E-state index contributed by atoms with van der Waals surface area (Å²) in [5.41, 5.74) is 2.41. The molecule has 0 aliphatic heterocycles. The molecule has 0 fully saturated rings. The van der Waals surface area contributed by atoms with E-state index in [0.29, 0.717) is 17.9 Å². The molecule has 1 heterocycles. The average molecular weight is 382 g/mol. The van der Waals surface area contributed by atoms with Crippen molar-refractivity contribution >= 4 is 33.3 Å². The Balaban J connectivity index is 1.76. The van der Waals surface area contributed by atoms with Gasteiger partial charge in [-0.05, 0) is 45.8 Å². The van der Waals surface area contributed by atoms with E-state index in [1.165, 1.54) is 0 Å². The summed E-state index contributed by atoms with van der Waals surface area (Å²) in [4.78, 5) is 16.8. The van der Waals surface area contributed by atoms with E-state index in [1.807, 2.05) is 54.6 Å². The maximum absolute atomic E-state index is 12.5. The van der Waals surface area contributed by atoms with Gasteiger partial charge in [-0.15, -0.1) is 0 Å². The molecule has 3 aromatic rings. The van der Waals surface area contributed by atoms with Crippen molar-refractivity contribution in [3.63, 3.8) is 0 Å². The lowest BCUT2D eigenvalue weighted by molar-refractivity contribution is 0.0951. The number of halogens is 1. The Hall–Kier alpha value is -2.66. The number of rotatable bonds is 5. The van der Waals surface area contributed by atoms with Gasteiger partial charge in [0.05, 0.1) is 11.3 Å². The van der Waals surface area contributed by atoms with Crippen molar-refractivity contribution in [3.8, 4) is 0 Å². The highest BCUT2D eigenvalue weighted by molar-refractivity contribution is 9.10. The van der Waals surface area contributed by atoms with Crippen LogP contribution in [0.4, 0.5) is 11.5 Å². The lowest BCUT2D eigenvalue weighted by Gasteiger charge is -2.12. The molecule has 0 unspecified atom stereocenters. The van der Waals surface area contributed by atoms with Crippen LogP contribution < -0.4 is 10.6 Å². The molecule has 0 atom stereocenters. The number of pyridine rings is 1. The van der Waals surface area contributed by atoms with Crippen molar-refractivity contribution in [3.05, 3.63) is 88.5 Å². The van der Waals surface area contributed by atoms with Crippen molar-refractivity contribution < 1.29 is 4.79 Å². The van der Waals surface area contributed by atoms with Crippen LogP contribution in [0.25, 0.3) is 0 Å². The van der Waals surface area contributed by atoms with Gasteiger partial charge in [0.15, 0.2) is 0 Å². The van der Waals surface area contributed by atoms with Gasteiger partial charge in [-0.3, -0.25) is 4.79 Å². The molecule has 3 rings (SSSR count). The second-order valence-corrected chi connectivity index (χ2v) is 6.03. The first-order valence-corrected chi connectivity index (χ1v) is 8.32. The number of amides is 1. The highest BCUT2D eigenvalue weighted by atomic mass is 79.9. The molecule has 24 heavy (non-hydrogen) atoms. The summed E-state index contributed by atoms with van der Waals surface area (Å²) in [6, 6.07) is 21.0. The summed E-state index contributed by atoms with van der Waals surface area (Å²) in [6.45, 7) is 0.475. The highest BCUT2D eigenvalue weighted by Crippen LogP contribution is 2.25. The molecule has 4 nitrogen and oxygen atoms in total. The number of hydrogen-bond acceptors (Lipinski definition) is 3. The van der Waals surface area contributed by atoms with Gasteiger partial charge >= 0.3 is 0 Å². The zero-order valence-corrected chi connectivity index (χ0v) is 14.5. The Morgan fingerprint density at radius 2 is 1.71 bits per heavy atom. The second kappa shape index (κ2) is 7.75. The first kappa shape index (κ1) is 16.2. The van der Waals surface area contributed by atoms with Crippen LogP contribution >= 0.6 is 15.9 Å². The molecule has 120 valence electrons. The van der Waals surface area contributed by atoms with E-state index < -0.39 is 0 Å². The van der Waals surface area contributed by atoms with Crippen LogP contribution in [-0.4, -0.2) is 10.9 Å². The number of para-hydroxylation sites is 1. The van der Waals surface area contributed by atoms with Crippen LogP contribution in [0.15, 0.2) is 77.4 Å². The largest absolute Gasteiger partial charge is 0.348 e. The Morgan fingerprint density at radius 3 is 2.50 bits per heavy atom. The molecular formula is C19H16BrN3O. The SMILES string of the molecule is O=C(NCc1ccccc1)c1cccnc1Nc1ccccc1Br. The van der Waals surface area contributed by atoms with Crippen LogP contribution in [0.3, 0.4) is 0 Å². The van der Waals surface area contributed by atoms with Gasteiger partial charge in [-0.2, -0.15) is 0 Å². The van der Waals surface area contributed by atoms with E-state index in [9.17, 15) is 4.79 Å². The number of aromatic nitrogens is 1. The van der Waals surface area contributed by atoms with E-state index in [2.05, 4.69) is 31.5 Å². The van der Waals surface area contributed by atoms with Crippen LogP contribution in [-0.2, 0) is 6.54 Å². The number of anilines is 2. The van der Waals surface area contributed by atoms with Gasteiger partial charge in [0.2, 0.25) is 0 Å². The molecule has 0 bridgehead atoms. The lowest BCUT2D eigenvalue weighted by Crippen LogP contribution is -2.24. The smallest absolute Gasteiger partial charge is 0.255 e. The summed E-state index contributed by atoms with van der Waals surface area (Å²) in [5.74, 6) is 0.358. The van der Waals surface area contributed by atoms with E-state index in [-0.39, 0.29) is 5.91 Å². The molecule has 0 saturated carbocycles. The minimum absolute atomic E-state index is 0.165. The van der Waals surface area contributed by atoms with E-state index in [1.54, 1.807) is 18.3 Å². The van der Waals surface area contributed by atoms with E-state index in [4.69, 9.17) is 0 Å². The number of carbonyl (C=O) groups is 1. The van der Waals surface area contributed by atoms with Gasteiger partial charge in [-0.1, -0.05) is 42.5 Å². The normalized spacial score (nSPS) is 10.2. The van der Waals surface area contributed by atoms with Gasteiger partial charge in [0, 0.05) is 17.2 Å². The van der Waals surface area contributed by atoms with Gasteiger partial charge < -0.3 is 10.6 Å². The standard InChI is InChI=1S/C19H16BrN3O/c20-16-10-4-5-11-17(16)23-18-15(9-6-12-21-18)19(24)22-13-14-7-2-1-3-8-14/h1-12H,13H2,(H,21,23)(H,22,24). The number of hydrogen-bond donors (Lipinski definition) is 2. The van der Waals surface area contributed by atoms with Gasteiger partial charge in [-0.25, -0.2) is 4.98 Å². The van der Waals surface area contributed by atoms with Crippen LogP contribution in [0.2, 0.25) is 0 Å². The number of nitrogens with zero attached hydrogens (tertiary/aromatic N) is 1. The Kier molecular flexibility index (Phi) is 5.23. The molecule has 0 saturated heterocycles. The Morgan fingerprint density at radius 1 is 0.958 bits per heavy atom. The van der Waals surface area contributed by atoms with E-state index in [0.717, 1.165) is 15.7 Å². The molecule has 2 aromatic carbocycles. The van der Waals surface area contributed by atoms with Crippen molar-refractivity contribution in [2.75, 3.05) is 5.32 Å². The molecule has 5 heteroatoms. The number of carbonyl (C=O) groups excluding carboxylic acids is 1. The summed E-state index contributed by atoms with van der Waals surface area (Å²) >= 11 is 3.49. The first-order valence-electron chi connectivity index (χ1n) is 7.53. The predicted octanol–water partition coefficient (Wildman–Crippen LogP) is 4.52. The molecule has 0 aliphatic carbocycles. The summed E-state index contributed by atoms with van der Waals surface area (Å²) < 4.78 is 0.909. The third-order valence-corrected chi connectivity index (χ3v) is 4.17. The third-order valence-electron chi connectivity index (χ3n) is 3.48. The van der Waals surface area contributed by atoms with Gasteiger partial charge in [0.25, 0.3) is 5.91 Å². The fourth-order valence-corrected chi connectivity index (χ4v) is 2.64. The fraction of sp³-hybridized carbons (Fsp3) is 0.0526. The average Bonchev–Trinajstić information content (AvgIpc) is 2.63. The van der Waals surface area contributed by atoms with Crippen molar-refractivity contribution in [2.24, 2.45) is 0 Å². The second-order valence-electron chi connectivity index (χ2n) is 5.17. The maximum atomic E-state index is 12.5. The summed E-state index contributed by atoms with van der Waals surface area (Å²) in [7, 11) is 0. The first-order chi connectivity index (χ1) is 11.7. The minimum Gasteiger partial charge on any atom is -0.348 e. The topological polar surface area (TPSA) is 54.0 Å². The highest BCUT2D eigenvalue weighted by Gasteiger charge is 2.13. The predicted molar refractivity (Wildman–Crippen MR) is 99.3 cm³/mol. The van der Waals surface area contributed by atoms with Crippen molar-refractivity contribution in [1.82, 2.24) is 10.3 Å². The summed E-state index contributed by atoms with van der Waals surface area (Å²) in [6.07, 6.45) is 1.66. The Labute approximate surface area is 149 Å². The fourth-order valence-electron chi connectivity index (χ4n) is 2.25. The zero-order valence-electron chi connectivity index (χ0n) is 12.9. The molecule has 1 aromatic heterocycles. The maximum Gasteiger partial charge on any atom is 0.255 e. The number of nitrogens with one attached hydrogen (secondary N) is 2. The summed E-state index contributed by atoms with van der Waals surface area (Å²) in [5, 5.41) is 6.13. The van der Waals surface area contributed by atoms with Crippen LogP contribution in [0.5, 0.6) is 0 Å². The van der Waals surface area contributed by atoms with E-state index >= 15 is 0 Å². The molecule has 2 N–H and O–H groups in total. The molecule has 0 radical (unpaired) electrons.